The van der Waals surface area contributed by atoms with E-state index in [1.165, 1.54) is 11.6 Å². The van der Waals surface area contributed by atoms with Crippen LogP contribution in [0.2, 0.25) is 0 Å². The molecule has 1 aliphatic heterocycles. The largest absolute Gasteiger partial charge is 0.419 e. The molecule has 0 saturated carbocycles. The van der Waals surface area contributed by atoms with Gasteiger partial charge < -0.3 is 14.3 Å². The molecule has 1 saturated heterocycles. The van der Waals surface area contributed by atoms with E-state index in [1.54, 1.807) is 23.7 Å². The second kappa shape index (κ2) is 8.23. The molecule has 2 aromatic carbocycles. The van der Waals surface area contributed by atoms with Crippen LogP contribution in [0, 0.1) is 5.82 Å². The quantitative estimate of drug-likeness (QED) is 0.479. The summed E-state index contributed by atoms with van der Waals surface area (Å²) in [6, 6.07) is 10.8. The first-order valence-corrected chi connectivity index (χ1v) is 10.9. The maximum Gasteiger partial charge on any atom is 0.419 e. The number of H-pyrrole nitrogens is 1. The average molecular weight is 423 g/mol. The lowest BCUT2D eigenvalue weighted by molar-refractivity contribution is 0.253. The smallest absolute Gasteiger partial charge is 0.405 e. The maximum atomic E-state index is 13.5. The number of aromatic amines is 1. The van der Waals surface area contributed by atoms with Crippen molar-refractivity contribution in [2.75, 3.05) is 37.6 Å². The van der Waals surface area contributed by atoms with Crippen molar-refractivity contribution in [2.24, 2.45) is 7.05 Å². The summed E-state index contributed by atoms with van der Waals surface area (Å²) >= 11 is 0. The Kier molecular flexibility index (Phi) is 5.28. The number of rotatable bonds is 6. The van der Waals surface area contributed by atoms with Gasteiger partial charge in [0, 0.05) is 50.3 Å². The highest BCUT2D eigenvalue weighted by Gasteiger charge is 2.20. The summed E-state index contributed by atoms with van der Waals surface area (Å²) in [5.41, 5.74) is 4.70. The summed E-state index contributed by atoms with van der Waals surface area (Å²) < 4.78 is 20.6. The summed E-state index contributed by atoms with van der Waals surface area (Å²) in [5, 5.41) is 0.996. The molecule has 1 fully saturated rings. The van der Waals surface area contributed by atoms with Crippen molar-refractivity contribution in [2.45, 2.75) is 19.3 Å². The number of hydrogen-bond acceptors (Lipinski definition) is 4. The minimum atomic E-state index is -0.320. The predicted molar refractivity (Wildman–Crippen MR) is 121 cm³/mol. The van der Waals surface area contributed by atoms with E-state index in [9.17, 15) is 9.18 Å². The Bertz CT molecular complexity index is 1260. The number of piperazine rings is 1. The van der Waals surface area contributed by atoms with Crippen LogP contribution in [0.25, 0.3) is 22.0 Å². The van der Waals surface area contributed by atoms with Gasteiger partial charge in [0.05, 0.1) is 11.2 Å². The molecule has 7 heteroatoms. The normalized spacial score (nSPS) is 15.4. The second-order valence-electron chi connectivity index (χ2n) is 8.34. The zero-order chi connectivity index (χ0) is 21.4. The van der Waals surface area contributed by atoms with Gasteiger partial charge >= 0.3 is 5.76 Å². The lowest BCUT2D eigenvalue weighted by Crippen LogP contribution is -2.46. The highest BCUT2D eigenvalue weighted by molar-refractivity contribution is 5.87. The number of para-hydroxylation sites is 1. The van der Waals surface area contributed by atoms with Gasteiger partial charge in [-0.05, 0) is 61.7 Å². The van der Waals surface area contributed by atoms with Crippen LogP contribution >= 0.6 is 0 Å². The molecule has 0 unspecified atom stereocenters. The van der Waals surface area contributed by atoms with Crippen LogP contribution in [0.5, 0.6) is 0 Å². The van der Waals surface area contributed by atoms with Gasteiger partial charge in [0.15, 0.2) is 5.58 Å². The van der Waals surface area contributed by atoms with Crippen molar-refractivity contribution < 1.29 is 8.81 Å². The summed E-state index contributed by atoms with van der Waals surface area (Å²) in [7, 11) is 1.74. The Balaban J connectivity index is 1.14. The number of anilines is 1. The first kappa shape index (κ1) is 19.9. The van der Waals surface area contributed by atoms with Crippen molar-refractivity contribution in [3.63, 3.8) is 0 Å². The third-order valence-electron chi connectivity index (χ3n) is 6.41. The van der Waals surface area contributed by atoms with Gasteiger partial charge in [0.2, 0.25) is 0 Å². The van der Waals surface area contributed by atoms with Crippen molar-refractivity contribution >= 4 is 27.7 Å². The molecule has 2 aromatic heterocycles. The highest BCUT2D eigenvalue weighted by Crippen LogP contribution is 2.27. The number of oxazole rings is 1. The Morgan fingerprint density at radius 2 is 1.94 bits per heavy atom. The van der Waals surface area contributed by atoms with E-state index in [1.807, 2.05) is 24.4 Å². The van der Waals surface area contributed by atoms with E-state index in [-0.39, 0.29) is 11.6 Å². The van der Waals surface area contributed by atoms with Crippen LogP contribution in [-0.4, -0.2) is 47.2 Å². The van der Waals surface area contributed by atoms with Crippen LogP contribution in [-0.2, 0) is 13.5 Å². The zero-order valence-corrected chi connectivity index (χ0v) is 17.7. The topological polar surface area (TPSA) is 57.4 Å². The molecule has 0 atom stereocenters. The molecule has 0 bridgehead atoms. The predicted octanol–water partition coefficient (Wildman–Crippen LogP) is 3.90. The Hall–Kier alpha value is -3.06. The highest BCUT2D eigenvalue weighted by atomic mass is 19.1. The molecule has 6 nitrogen and oxygen atoms in total. The summed E-state index contributed by atoms with van der Waals surface area (Å²) in [4.78, 5) is 19.9. The minimum absolute atomic E-state index is 0.184. The first-order chi connectivity index (χ1) is 15.1. The SMILES string of the molecule is Cn1c(=O)oc2c(N3CCN(CCCCc4c[nH]c5ccc(F)cc45)CC3)cccc21. The molecule has 0 spiro atoms. The molecule has 4 aromatic rings. The molecule has 0 amide bonds. The number of hydrogen-bond donors (Lipinski definition) is 1. The van der Waals surface area contributed by atoms with Gasteiger partial charge in [0.25, 0.3) is 0 Å². The fourth-order valence-electron chi connectivity index (χ4n) is 4.61. The number of nitrogens with zero attached hydrogens (tertiary/aromatic N) is 3. The maximum absolute atomic E-state index is 13.5. The Morgan fingerprint density at radius 1 is 1.10 bits per heavy atom. The number of unbranched alkanes of at least 4 members (excludes halogenated alkanes) is 1. The van der Waals surface area contributed by atoms with Crippen LogP contribution < -0.4 is 10.7 Å². The summed E-state index contributed by atoms with van der Waals surface area (Å²) in [5.74, 6) is -0.504. The molecule has 0 aliphatic carbocycles. The van der Waals surface area contributed by atoms with Crippen molar-refractivity contribution in [3.05, 3.63) is 64.5 Å². The lowest BCUT2D eigenvalue weighted by Gasteiger charge is -2.36. The third kappa shape index (κ3) is 3.85. The number of aromatic nitrogens is 2. The fourth-order valence-corrected chi connectivity index (χ4v) is 4.61. The summed E-state index contributed by atoms with van der Waals surface area (Å²) in [6.07, 6.45) is 5.16. The molecular formula is C24H27FN4O2. The molecule has 5 rings (SSSR count). The third-order valence-corrected chi connectivity index (χ3v) is 6.41. The van der Waals surface area contributed by atoms with E-state index in [4.69, 9.17) is 4.42 Å². The van der Waals surface area contributed by atoms with E-state index in [0.29, 0.717) is 5.58 Å². The van der Waals surface area contributed by atoms with Crippen LogP contribution in [0.1, 0.15) is 18.4 Å². The van der Waals surface area contributed by atoms with Crippen LogP contribution in [0.3, 0.4) is 0 Å². The number of aryl methyl sites for hydroxylation is 2. The van der Waals surface area contributed by atoms with Gasteiger partial charge in [-0.1, -0.05) is 6.07 Å². The van der Waals surface area contributed by atoms with Gasteiger partial charge in [-0.3, -0.25) is 9.47 Å². The number of benzene rings is 2. The number of fused-ring (bicyclic) bond motifs is 2. The van der Waals surface area contributed by atoms with Gasteiger partial charge in [0.1, 0.15) is 5.82 Å². The van der Waals surface area contributed by atoms with E-state index < -0.39 is 0 Å². The van der Waals surface area contributed by atoms with E-state index in [2.05, 4.69) is 14.8 Å². The minimum Gasteiger partial charge on any atom is -0.405 e. The molecule has 162 valence electrons. The molecule has 31 heavy (non-hydrogen) atoms. The molecule has 1 aliphatic rings. The standard InChI is InChI=1S/C24H27FN4O2/c1-27-21-6-4-7-22(23(21)31-24(27)30)29-13-11-28(12-14-29)10-3-2-5-17-16-26-20-9-8-18(25)15-19(17)20/h4,6-9,15-16,26H,2-3,5,10-14H2,1H3. The Labute approximate surface area is 179 Å². The van der Waals surface area contributed by atoms with E-state index >= 15 is 0 Å². The monoisotopic (exact) mass is 422 g/mol. The van der Waals surface area contributed by atoms with Crippen molar-refractivity contribution in [1.29, 1.82) is 0 Å². The number of nitrogens with one attached hydrogen (secondary N) is 1. The van der Waals surface area contributed by atoms with E-state index in [0.717, 1.165) is 74.1 Å². The first-order valence-electron chi connectivity index (χ1n) is 10.9. The van der Waals surface area contributed by atoms with Gasteiger partial charge in [-0.2, -0.15) is 0 Å². The zero-order valence-electron chi connectivity index (χ0n) is 17.7. The van der Waals surface area contributed by atoms with Crippen LogP contribution in [0.4, 0.5) is 10.1 Å². The van der Waals surface area contributed by atoms with Gasteiger partial charge in [-0.25, -0.2) is 9.18 Å². The fraction of sp³-hybridized carbons (Fsp3) is 0.375. The van der Waals surface area contributed by atoms with Crippen molar-refractivity contribution in [3.8, 4) is 0 Å². The Morgan fingerprint density at radius 3 is 2.77 bits per heavy atom. The second-order valence-corrected chi connectivity index (χ2v) is 8.34. The molecule has 1 N–H and O–H groups in total. The average Bonchev–Trinajstić information content (AvgIpc) is 3.31. The van der Waals surface area contributed by atoms with Gasteiger partial charge in [-0.15, -0.1) is 0 Å². The summed E-state index contributed by atoms with van der Waals surface area (Å²) in [6.45, 7) is 4.88. The number of halogens is 1. The molecule has 3 heterocycles. The van der Waals surface area contributed by atoms with Crippen molar-refractivity contribution in [1.82, 2.24) is 14.5 Å². The van der Waals surface area contributed by atoms with Crippen LogP contribution in [0.15, 0.2) is 51.8 Å². The molecule has 0 radical (unpaired) electrons. The molecular weight excluding hydrogens is 395 g/mol. The lowest BCUT2D eigenvalue weighted by atomic mass is 10.1.